The van der Waals surface area contributed by atoms with E-state index in [4.69, 9.17) is 9.84 Å². The fourth-order valence-corrected chi connectivity index (χ4v) is 5.35. The van der Waals surface area contributed by atoms with Crippen LogP contribution in [0.25, 0.3) is 21.1 Å². The van der Waals surface area contributed by atoms with Crippen LogP contribution in [0.15, 0.2) is 47.4 Å². The Morgan fingerprint density at radius 3 is 2.50 bits per heavy atom. The zero-order valence-electron chi connectivity index (χ0n) is 18.0. The first-order valence-electron chi connectivity index (χ1n) is 10.1. The molecule has 0 radical (unpaired) electrons. The van der Waals surface area contributed by atoms with Gasteiger partial charge in [-0.25, -0.2) is 13.4 Å². The number of nitrogens with one attached hydrogen (secondary N) is 1. The van der Waals surface area contributed by atoms with Crippen LogP contribution in [0.1, 0.15) is 27.2 Å². The molecule has 0 spiro atoms. The number of rotatable bonds is 7. The third-order valence-corrected chi connectivity index (χ3v) is 8.30. The Labute approximate surface area is 190 Å². The number of fused-ring (bicyclic) bond motifs is 2. The molecule has 4 rings (SSSR count). The van der Waals surface area contributed by atoms with Crippen LogP contribution in [0, 0.1) is 0 Å². The maximum atomic E-state index is 13.4. The summed E-state index contributed by atoms with van der Waals surface area (Å²) < 4.78 is 32.3. The molecule has 10 heteroatoms. The SMILES string of the molecule is CC(C)(C)S(=O)(=O)c1cccc2nc(OCCCO)nc(Nc3nc4ccccc4s3)c12. The lowest BCUT2D eigenvalue weighted by Gasteiger charge is -2.21. The van der Waals surface area contributed by atoms with Crippen LogP contribution >= 0.6 is 11.3 Å². The molecule has 0 saturated heterocycles. The maximum Gasteiger partial charge on any atom is 0.318 e. The lowest BCUT2D eigenvalue weighted by molar-refractivity contribution is 0.225. The van der Waals surface area contributed by atoms with Gasteiger partial charge >= 0.3 is 6.01 Å². The number of ether oxygens (including phenoxy) is 1. The normalized spacial score (nSPS) is 12.4. The molecular formula is C22H24N4O4S2. The van der Waals surface area contributed by atoms with Gasteiger partial charge in [-0.3, -0.25) is 0 Å². The van der Waals surface area contributed by atoms with E-state index < -0.39 is 14.6 Å². The zero-order valence-corrected chi connectivity index (χ0v) is 19.6. The van der Waals surface area contributed by atoms with Gasteiger partial charge in [0.05, 0.1) is 37.4 Å². The van der Waals surface area contributed by atoms with Crippen molar-refractivity contribution in [1.82, 2.24) is 15.0 Å². The highest BCUT2D eigenvalue weighted by atomic mass is 32.2. The zero-order chi connectivity index (χ0) is 22.9. The summed E-state index contributed by atoms with van der Waals surface area (Å²) in [5, 5.41) is 13.2. The van der Waals surface area contributed by atoms with Gasteiger partial charge < -0.3 is 15.2 Å². The summed E-state index contributed by atoms with van der Waals surface area (Å²) in [7, 11) is -3.69. The van der Waals surface area contributed by atoms with Crippen molar-refractivity contribution < 1.29 is 18.3 Å². The second-order valence-electron chi connectivity index (χ2n) is 8.16. The number of para-hydroxylation sites is 1. The average molecular weight is 473 g/mol. The highest BCUT2D eigenvalue weighted by Gasteiger charge is 2.33. The first-order valence-corrected chi connectivity index (χ1v) is 12.4. The van der Waals surface area contributed by atoms with Crippen molar-refractivity contribution in [3.63, 3.8) is 0 Å². The monoisotopic (exact) mass is 472 g/mol. The number of hydrogen-bond donors (Lipinski definition) is 2. The second-order valence-corrected chi connectivity index (χ2v) is 11.9. The summed E-state index contributed by atoms with van der Waals surface area (Å²) >= 11 is 1.44. The molecule has 2 N–H and O–H groups in total. The molecule has 0 aliphatic heterocycles. The van der Waals surface area contributed by atoms with E-state index >= 15 is 0 Å². The summed E-state index contributed by atoms with van der Waals surface area (Å²) in [5.74, 6) is 0.302. The Morgan fingerprint density at radius 1 is 1.03 bits per heavy atom. The molecule has 0 amide bonds. The van der Waals surface area contributed by atoms with Gasteiger partial charge in [0.25, 0.3) is 0 Å². The van der Waals surface area contributed by atoms with Crippen molar-refractivity contribution >= 4 is 53.2 Å². The van der Waals surface area contributed by atoms with Gasteiger partial charge in [0, 0.05) is 13.0 Å². The van der Waals surface area contributed by atoms with Gasteiger partial charge in [-0.15, -0.1) is 0 Å². The molecule has 0 fully saturated rings. The van der Waals surface area contributed by atoms with Gasteiger partial charge in [-0.1, -0.05) is 29.5 Å². The second kappa shape index (κ2) is 8.61. The third kappa shape index (κ3) is 4.25. The Morgan fingerprint density at radius 2 is 1.78 bits per heavy atom. The lowest BCUT2D eigenvalue weighted by Crippen LogP contribution is -2.28. The minimum atomic E-state index is -3.69. The van der Waals surface area contributed by atoms with Crippen LogP contribution in [0.2, 0.25) is 0 Å². The molecule has 8 nitrogen and oxygen atoms in total. The lowest BCUT2D eigenvalue weighted by atomic mass is 10.2. The van der Waals surface area contributed by atoms with E-state index in [2.05, 4.69) is 20.3 Å². The molecule has 2 aromatic carbocycles. The number of benzene rings is 2. The molecular weight excluding hydrogens is 448 g/mol. The number of sulfone groups is 1. The van der Waals surface area contributed by atoms with Gasteiger partial charge in [-0.05, 0) is 45.0 Å². The first-order chi connectivity index (χ1) is 15.2. The summed E-state index contributed by atoms with van der Waals surface area (Å²) in [6.07, 6.45) is 0.431. The van der Waals surface area contributed by atoms with Gasteiger partial charge in [0.15, 0.2) is 15.0 Å². The van der Waals surface area contributed by atoms with Crippen LogP contribution in [0.4, 0.5) is 10.9 Å². The number of aromatic nitrogens is 3. The summed E-state index contributed by atoms with van der Waals surface area (Å²) in [6, 6.07) is 12.8. The Hall–Kier alpha value is -2.82. The topological polar surface area (TPSA) is 114 Å². The molecule has 0 unspecified atom stereocenters. The highest BCUT2D eigenvalue weighted by Crippen LogP contribution is 2.37. The van der Waals surface area contributed by atoms with Crippen molar-refractivity contribution in [2.24, 2.45) is 0 Å². The Kier molecular flexibility index (Phi) is 6.02. The fraction of sp³-hybridized carbons (Fsp3) is 0.318. The molecule has 2 aromatic heterocycles. The number of aliphatic hydroxyl groups is 1. The molecule has 0 aliphatic carbocycles. The Bertz CT molecular complexity index is 1340. The van der Waals surface area contributed by atoms with E-state index in [-0.39, 0.29) is 24.1 Å². The van der Waals surface area contributed by atoms with E-state index in [0.29, 0.717) is 28.3 Å². The van der Waals surface area contributed by atoms with E-state index in [9.17, 15) is 8.42 Å². The number of thiazole rings is 1. The Balaban J connectivity index is 1.90. The van der Waals surface area contributed by atoms with Crippen molar-refractivity contribution in [2.75, 3.05) is 18.5 Å². The van der Waals surface area contributed by atoms with E-state index in [1.165, 1.54) is 11.3 Å². The molecule has 4 aromatic rings. The molecule has 32 heavy (non-hydrogen) atoms. The number of anilines is 2. The summed E-state index contributed by atoms with van der Waals surface area (Å²) in [4.78, 5) is 13.6. The molecule has 168 valence electrons. The maximum absolute atomic E-state index is 13.4. The van der Waals surface area contributed by atoms with Crippen molar-refractivity contribution in [3.8, 4) is 6.01 Å². The minimum Gasteiger partial charge on any atom is -0.463 e. The molecule has 0 aliphatic rings. The molecule has 2 heterocycles. The van der Waals surface area contributed by atoms with Crippen LogP contribution in [-0.2, 0) is 9.84 Å². The molecule has 0 saturated carbocycles. The summed E-state index contributed by atoms with van der Waals surface area (Å²) in [6.45, 7) is 5.21. The fourth-order valence-electron chi connectivity index (χ4n) is 3.09. The largest absolute Gasteiger partial charge is 0.463 e. The molecule has 0 bridgehead atoms. The molecule has 0 atom stereocenters. The van der Waals surface area contributed by atoms with Crippen LogP contribution in [0.3, 0.4) is 0 Å². The standard InChI is InChI=1S/C22H24N4O4S2/c1-22(2,3)32(28,29)17-11-6-9-15-18(17)19(25-20(23-15)30-13-7-12-27)26-21-24-14-8-4-5-10-16(14)31-21/h4-6,8-11,27H,7,12-13H2,1-3H3,(H,23,24,25,26). The smallest absolute Gasteiger partial charge is 0.318 e. The quantitative estimate of drug-likeness (QED) is 0.382. The van der Waals surface area contributed by atoms with Crippen molar-refractivity contribution in [1.29, 1.82) is 0 Å². The van der Waals surface area contributed by atoms with E-state index in [1.807, 2.05) is 24.3 Å². The first kappa shape index (κ1) is 22.4. The van der Waals surface area contributed by atoms with Crippen LogP contribution in [-0.4, -0.2) is 46.4 Å². The average Bonchev–Trinajstić information content (AvgIpc) is 3.15. The van der Waals surface area contributed by atoms with Gasteiger partial charge in [0.2, 0.25) is 0 Å². The van der Waals surface area contributed by atoms with Gasteiger partial charge in [-0.2, -0.15) is 9.97 Å². The minimum absolute atomic E-state index is 0.0155. The predicted octanol–water partition coefficient (Wildman–Crippen LogP) is 4.32. The third-order valence-electron chi connectivity index (χ3n) is 4.81. The van der Waals surface area contributed by atoms with Gasteiger partial charge in [0.1, 0.15) is 5.82 Å². The van der Waals surface area contributed by atoms with E-state index in [0.717, 1.165) is 10.2 Å². The highest BCUT2D eigenvalue weighted by molar-refractivity contribution is 7.93. The number of nitrogens with zero attached hydrogens (tertiary/aromatic N) is 3. The summed E-state index contributed by atoms with van der Waals surface area (Å²) in [5.41, 5.74) is 1.27. The van der Waals surface area contributed by atoms with Crippen molar-refractivity contribution in [3.05, 3.63) is 42.5 Å². The number of hydrogen-bond acceptors (Lipinski definition) is 9. The van der Waals surface area contributed by atoms with Crippen molar-refractivity contribution in [2.45, 2.75) is 36.8 Å². The van der Waals surface area contributed by atoms with Crippen LogP contribution < -0.4 is 10.1 Å². The number of aliphatic hydroxyl groups excluding tert-OH is 1. The predicted molar refractivity (Wildman–Crippen MR) is 127 cm³/mol. The van der Waals surface area contributed by atoms with Crippen LogP contribution in [0.5, 0.6) is 6.01 Å². The van der Waals surface area contributed by atoms with E-state index in [1.54, 1.807) is 39.0 Å².